The summed E-state index contributed by atoms with van der Waals surface area (Å²) in [5.41, 5.74) is 7.01. The van der Waals surface area contributed by atoms with Crippen molar-refractivity contribution >= 4 is 22.7 Å². The largest absolute Gasteiger partial charge is 0.497 e. The van der Waals surface area contributed by atoms with Gasteiger partial charge in [-0.3, -0.25) is 5.43 Å². The number of anilines is 1. The lowest BCUT2D eigenvalue weighted by Crippen LogP contribution is -2.01. The van der Waals surface area contributed by atoms with E-state index in [0.29, 0.717) is 10.9 Å². The maximum Gasteiger partial charge on any atom is 0.196 e. The minimum absolute atomic E-state index is 0.252. The molecule has 3 rings (SSSR count). The lowest BCUT2D eigenvalue weighted by molar-refractivity contribution is 0.415. The summed E-state index contributed by atoms with van der Waals surface area (Å²) in [4.78, 5) is 4.55. The summed E-state index contributed by atoms with van der Waals surface area (Å²) < 4.78 is 5.25. The molecular formula is C21H20N4OS. The molecule has 5 nitrogen and oxygen atoms in total. The molecule has 1 N–H and O–H groups in total. The quantitative estimate of drug-likeness (QED) is 0.469. The van der Waals surface area contributed by atoms with Crippen LogP contribution in [-0.4, -0.2) is 17.8 Å². The first-order chi connectivity index (χ1) is 13.1. The standard InChI is InChI=1S/C21H20N4OS/c1-14(2)15-7-9-17(10-8-15)24-25-19(12-22)21-23-20(13-27-21)16-5-4-6-18(11-16)26-3/h4-11,13-14,24H,1-3H3/b25-19+. The van der Waals surface area contributed by atoms with Crippen LogP contribution in [0, 0.1) is 11.3 Å². The van der Waals surface area contributed by atoms with Crippen LogP contribution in [0.25, 0.3) is 11.3 Å². The molecule has 0 atom stereocenters. The van der Waals surface area contributed by atoms with Crippen molar-refractivity contribution in [3.63, 3.8) is 0 Å². The highest BCUT2D eigenvalue weighted by Gasteiger charge is 2.11. The number of hydrazone groups is 1. The van der Waals surface area contributed by atoms with Gasteiger partial charge in [0.15, 0.2) is 10.7 Å². The van der Waals surface area contributed by atoms with Crippen molar-refractivity contribution in [2.45, 2.75) is 19.8 Å². The van der Waals surface area contributed by atoms with Crippen LogP contribution in [0.15, 0.2) is 59.0 Å². The van der Waals surface area contributed by atoms with Gasteiger partial charge in [0.1, 0.15) is 11.8 Å². The van der Waals surface area contributed by atoms with Gasteiger partial charge in [-0.2, -0.15) is 10.4 Å². The van der Waals surface area contributed by atoms with Gasteiger partial charge in [0.25, 0.3) is 0 Å². The number of ether oxygens (including phenoxy) is 1. The Hall–Kier alpha value is -3.17. The molecule has 0 spiro atoms. The molecule has 1 heterocycles. The molecule has 0 radical (unpaired) electrons. The van der Waals surface area contributed by atoms with E-state index in [1.54, 1.807) is 7.11 Å². The van der Waals surface area contributed by atoms with E-state index in [9.17, 15) is 5.26 Å². The number of hydrogen-bond acceptors (Lipinski definition) is 6. The SMILES string of the molecule is COc1cccc(-c2csc(/C(C#N)=N/Nc3ccc(C(C)C)cc3)n2)c1. The van der Waals surface area contributed by atoms with Crippen LogP contribution >= 0.6 is 11.3 Å². The zero-order valence-electron chi connectivity index (χ0n) is 15.4. The highest BCUT2D eigenvalue weighted by Crippen LogP contribution is 2.25. The second-order valence-electron chi connectivity index (χ2n) is 6.23. The summed E-state index contributed by atoms with van der Waals surface area (Å²) in [6.45, 7) is 4.30. The predicted molar refractivity (Wildman–Crippen MR) is 110 cm³/mol. The molecule has 0 bridgehead atoms. The summed E-state index contributed by atoms with van der Waals surface area (Å²) in [7, 11) is 1.63. The smallest absolute Gasteiger partial charge is 0.196 e. The zero-order chi connectivity index (χ0) is 19.2. The molecular weight excluding hydrogens is 356 g/mol. The molecule has 27 heavy (non-hydrogen) atoms. The molecule has 0 unspecified atom stereocenters. The number of aromatic nitrogens is 1. The number of thiazole rings is 1. The third kappa shape index (κ3) is 4.52. The van der Waals surface area contributed by atoms with Gasteiger partial charge in [-0.15, -0.1) is 11.3 Å². The Bertz CT molecular complexity index is 984. The second-order valence-corrected chi connectivity index (χ2v) is 7.09. The predicted octanol–water partition coefficient (Wildman–Crippen LogP) is 5.28. The van der Waals surface area contributed by atoms with Gasteiger partial charge in [0, 0.05) is 10.9 Å². The number of benzene rings is 2. The van der Waals surface area contributed by atoms with Crippen molar-refractivity contribution < 1.29 is 4.74 Å². The van der Waals surface area contributed by atoms with Gasteiger partial charge < -0.3 is 4.74 Å². The maximum atomic E-state index is 9.46. The highest BCUT2D eigenvalue weighted by molar-refractivity contribution is 7.12. The van der Waals surface area contributed by atoms with Crippen molar-refractivity contribution in [2.24, 2.45) is 5.10 Å². The molecule has 0 aliphatic carbocycles. The number of methoxy groups -OCH3 is 1. The molecule has 0 amide bonds. The van der Waals surface area contributed by atoms with Crippen LogP contribution in [0.5, 0.6) is 5.75 Å². The van der Waals surface area contributed by atoms with Crippen LogP contribution in [-0.2, 0) is 0 Å². The Labute approximate surface area is 163 Å². The lowest BCUT2D eigenvalue weighted by Gasteiger charge is -2.06. The normalized spacial score (nSPS) is 11.3. The van der Waals surface area contributed by atoms with Crippen LogP contribution in [0.4, 0.5) is 5.69 Å². The van der Waals surface area contributed by atoms with Crippen LogP contribution in [0.1, 0.15) is 30.3 Å². The number of nitrogens with zero attached hydrogens (tertiary/aromatic N) is 3. The fraction of sp³-hybridized carbons (Fsp3) is 0.190. The molecule has 0 saturated heterocycles. The van der Waals surface area contributed by atoms with Gasteiger partial charge in [-0.25, -0.2) is 4.98 Å². The lowest BCUT2D eigenvalue weighted by atomic mass is 10.0. The maximum absolute atomic E-state index is 9.46. The molecule has 0 saturated carbocycles. The van der Waals surface area contributed by atoms with Gasteiger partial charge in [0.05, 0.1) is 18.5 Å². The molecule has 2 aromatic carbocycles. The summed E-state index contributed by atoms with van der Waals surface area (Å²) >= 11 is 1.39. The number of nitrogens with one attached hydrogen (secondary N) is 1. The minimum Gasteiger partial charge on any atom is -0.497 e. The van der Waals surface area contributed by atoms with Crippen LogP contribution < -0.4 is 10.2 Å². The average Bonchev–Trinajstić information content (AvgIpc) is 3.19. The number of rotatable bonds is 6. The van der Waals surface area contributed by atoms with Crippen molar-refractivity contribution in [1.29, 1.82) is 5.26 Å². The average molecular weight is 376 g/mol. The third-order valence-electron chi connectivity index (χ3n) is 4.05. The van der Waals surface area contributed by atoms with Gasteiger partial charge in [0.2, 0.25) is 0 Å². The summed E-state index contributed by atoms with van der Waals surface area (Å²) in [5, 5.41) is 16.2. The highest BCUT2D eigenvalue weighted by atomic mass is 32.1. The zero-order valence-corrected chi connectivity index (χ0v) is 16.2. The van der Waals surface area contributed by atoms with E-state index in [4.69, 9.17) is 4.74 Å². The summed E-state index contributed by atoms with van der Waals surface area (Å²) in [5.74, 6) is 1.24. The summed E-state index contributed by atoms with van der Waals surface area (Å²) in [6, 6.07) is 17.8. The molecule has 1 aromatic heterocycles. The monoisotopic (exact) mass is 376 g/mol. The van der Waals surface area contributed by atoms with Gasteiger partial charge in [-0.05, 0) is 35.7 Å². The Morgan fingerprint density at radius 3 is 2.67 bits per heavy atom. The minimum atomic E-state index is 0.252. The molecule has 3 aromatic rings. The summed E-state index contributed by atoms with van der Waals surface area (Å²) in [6.07, 6.45) is 0. The van der Waals surface area contributed by atoms with E-state index < -0.39 is 0 Å². The Balaban J connectivity index is 1.78. The molecule has 0 fully saturated rings. The molecule has 0 aliphatic rings. The van der Waals surface area contributed by atoms with E-state index >= 15 is 0 Å². The Morgan fingerprint density at radius 2 is 2.00 bits per heavy atom. The van der Waals surface area contributed by atoms with E-state index in [1.807, 2.05) is 41.8 Å². The first kappa shape index (κ1) is 18.6. The van der Waals surface area contributed by atoms with Crippen molar-refractivity contribution in [2.75, 3.05) is 12.5 Å². The van der Waals surface area contributed by atoms with E-state index in [0.717, 1.165) is 22.7 Å². The molecule has 0 aliphatic heterocycles. The van der Waals surface area contributed by atoms with Gasteiger partial charge >= 0.3 is 0 Å². The first-order valence-corrected chi connectivity index (χ1v) is 9.42. The van der Waals surface area contributed by atoms with Crippen molar-refractivity contribution in [1.82, 2.24) is 4.98 Å². The number of hydrogen-bond donors (Lipinski definition) is 1. The fourth-order valence-corrected chi connectivity index (χ4v) is 3.25. The van der Waals surface area contributed by atoms with Crippen molar-refractivity contribution in [3.8, 4) is 23.1 Å². The molecule has 6 heteroatoms. The number of nitriles is 1. The Morgan fingerprint density at radius 1 is 1.22 bits per heavy atom. The van der Waals surface area contributed by atoms with Crippen LogP contribution in [0.3, 0.4) is 0 Å². The fourth-order valence-electron chi connectivity index (χ4n) is 2.48. The first-order valence-electron chi connectivity index (χ1n) is 8.55. The van der Waals surface area contributed by atoms with Gasteiger partial charge in [-0.1, -0.05) is 38.1 Å². The second kappa shape index (κ2) is 8.47. The topological polar surface area (TPSA) is 70.3 Å². The molecule has 136 valence electrons. The van der Waals surface area contributed by atoms with E-state index in [1.165, 1.54) is 16.9 Å². The Kier molecular flexibility index (Phi) is 5.84. The third-order valence-corrected chi connectivity index (χ3v) is 4.90. The van der Waals surface area contributed by atoms with Crippen molar-refractivity contribution in [3.05, 3.63) is 64.5 Å². The van der Waals surface area contributed by atoms with Crippen LogP contribution in [0.2, 0.25) is 0 Å². The van der Waals surface area contributed by atoms with E-state index in [2.05, 4.69) is 47.6 Å². The van der Waals surface area contributed by atoms with E-state index in [-0.39, 0.29) is 5.71 Å².